The maximum Gasteiger partial charge on any atom is 0.329 e. The van der Waals surface area contributed by atoms with Crippen molar-refractivity contribution in [1.29, 1.82) is 0 Å². The average Bonchev–Trinajstić information content (AvgIpc) is 3.79. The molecule has 0 aromatic heterocycles. The first-order valence-electron chi connectivity index (χ1n) is 19.5. The van der Waals surface area contributed by atoms with Crippen LogP contribution in [0.2, 0.25) is 0 Å². The van der Waals surface area contributed by atoms with Gasteiger partial charge < -0.3 is 48.5 Å². The Kier molecular flexibility index (Phi) is 12.3. The highest BCUT2D eigenvalue weighted by atomic mass is 16.7. The Morgan fingerprint density at radius 3 is 2.25 bits per heavy atom. The minimum Gasteiger partial charge on any atom is -0.481 e. The second kappa shape index (κ2) is 15.4. The van der Waals surface area contributed by atoms with Crippen LogP contribution in [0.3, 0.4) is 0 Å². The van der Waals surface area contributed by atoms with E-state index in [9.17, 15) is 24.9 Å². The topological polar surface area (TPSA) is 159 Å². The summed E-state index contributed by atoms with van der Waals surface area (Å²) >= 11 is 0. The molecule has 294 valence electrons. The number of carboxylic acid groups (broad SMARTS) is 2. The molecule has 51 heavy (non-hydrogen) atoms. The van der Waals surface area contributed by atoms with Crippen LogP contribution < -0.4 is 0 Å². The molecule has 3 N–H and O–H groups in total. The summed E-state index contributed by atoms with van der Waals surface area (Å²) in [4.78, 5) is 23.3. The Balaban J connectivity index is 1.29. The number of carbonyl (C=O) groups is 2. The van der Waals surface area contributed by atoms with Crippen LogP contribution in [0.4, 0.5) is 0 Å². The third kappa shape index (κ3) is 7.64. The molecule has 12 heteroatoms. The number of hydrogen-bond acceptors (Lipinski definition) is 10. The van der Waals surface area contributed by atoms with Gasteiger partial charge >= 0.3 is 11.9 Å². The highest BCUT2D eigenvalue weighted by Crippen LogP contribution is 2.55. The van der Waals surface area contributed by atoms with Crippen molar-refractivity contribution in [2.75, 3.05) is 20.3 Å². The lowest BCUT2D eigenvalue weighted by molar-refractivity contribution is -0.339. The molecule has 5 rings (SSSR count). The monoisotopic (exact) mass is 726 g/mol. The van der Waals surface area contributed by atoms with E-state index >= 15 is 0 Å². The normalized spacial score (nSPS) is 47.7. The maximum atomic E-state index is 11.9. The van der Waals surface area contributed by atoms with Crippen LogP contribution in [-0.4, -0.2) is 107 Å². The predicted molar refractivity (Wildman–Crippen MR) is 187 cm³/mol. The van der Waals surface area contributed by atoms with Crippen LogP contribution in [0, 0.1) is 41.4 Å². The van der Waals surface area contributed by atoms with Crippen LogP contribution in [0.25, 0.3) is 0 Å². The lowest BCUT2D eigenvalue weighted by Crippen LogP contribution is -2.57. The van der Waals surface area contributed by atoms with Crippen LogP contribution in [0.1, 0.15) is 114 Å². The van der Waals surface area contributed by atoms with Gasteiger partial charge in [-0.2, -0.15) is 0 Å². The summed E-state index contributed by atoms with van der Waals surface area (Å²) < 4.78 is 46.1. The molecule has 5 aliphatic heterocycles. The molecule has 1 spiro atoms. The van der Waals surface area contributed by atoms with Gasteiger partial charge in [-0.1, -0.05) is 48.5 Å². The SMILES string of the molecule is CCC1(C2OC(C3OC(CO)(OCC(=O)O)C(C)CC3C)CC2C)CCC(C2(C)CCC3(CC(C)C(C)C(C(C)C(OC)C(C)C(=O)O)O3)O2)O1. The van der Waals surface area contributed by atoms with E-state index in [0.717, 1.165) is 44.9 Å². The lowest BCUT2D eigenvalue weighted by Gasteiger charge is -2.49. The molecule has 5 aliphatic rings. The van der Waals surface area contributed by atoms with Gasteiger partial charge in [-0.15, -0.1) is 0 Å². The maximum absolute atomic E-state index is 11.9. The number of aliphatic hydroxyl groups excluding tert-OH is 1. The van der Waals surface area contributed by atoms with Gasteiger partial charge in [-0.25, -0.2) is 4.79 Å². The van der Waals surface area contributed by atoms with E-state index in [1.165, 1.54) is 0 Å². The molecule has 0 aromatic rings. The summed E-state index contributed by atoms with van der Waals surface area (Å²) in [6.45, 7) is 17.7. The molecule has 0 saturated carbocycles. The molecular weight excluding hydrogens is 660 g/mol. The molecule has 0 bridgehead atoms. The first-order valence-corrected chi connectivity index (χ1v) is 19.5. The predicted octanol–water partition coefficient (Wildman–Crippen LogP) is 5.66. The fraction of sp³-hybridized carbons (Fsp3) is 0.949. The average molecular weight is 727 g/mol. The third-order valence-corrected chi connectivity index (χ3v) is 13.9. The highest BCUT2D eigenvalue weighted by Gasteiger charge is 2.62. The Hall–Kier alpha value is -1.38. The fourth-order valence-electron chi connectivity index (χ4n) is 10.6. The Morgan fingerprint density at radius 1 is 0.941 bits per heavy atom. The van der Waals surface area contributed by atoms with Gasteiger partial charge in [-0.3, -0.25) is 4.79 Å². The number of aliphatic carboxylic acids is 2. The van der Waals surface area contributed by atoms with Gasteiger partial charge in [-0.05, 0) is 76.0 Å². The van der Waals surface area contributed by atoms with Crippen LogP contribution >= 0.6 is 0 Å². The zero-order valence-electron chi connectivity index (χ0n) is 32.6. The summed E-state index contributed by atoms with van der Waals surface area (Å²) in [5.74, 6) is -4.35. The van der Waals surface area contributed by atoms with Crippen molar-refractivity contribution in [3.8, 4) is 0 Å². The molecule has 0 aromatic carbocycles. The number of hydrogen-bond donors (Lipinski definition) is 3. The smallest absolute Gasteiger partial charge is 0.329 e. The minimum absolute atomic E-state index is 0.125. The second-order valence-electron chi connectivity index (χ2n) is 17.4. The molecule has 5 saturated heterocycles. The van der Waals surface area contributed by atoms with Crippen molar-refractivity contribution in [3.05, 3.63) is 0 Å². The Morgan fingerprint density at radius 2 is 1.65 bits per heavy atom. The van der Waals surface area contributed by atoms with Gasteiger partial charge in [0, 0.05) is 31.8 Å². The van der Waals surface area contributed by atoms with E-state index in [2.05, 4.69) is 41.5 Å². The number of aliphatic hydroxyl groups is 1. The van der Waals surface area contributed by atoms with Gasteiger partial charge in [0.1, 0.15) is 6.61 Å². The van der Waals surface area contributed by atoms with Crippen molar-refractivity contribution in [2.24, 2.45) is 41.4 Å². The van der Waals surface area contributed by atoms with Crippen molar-refractivity contribution >= 4 is 11.9 Å². The van der Waals surface area contributed by atoms with E-state index in [-0.39, 0.29) is 60.1 Å². The summed E-state index contributed by atoms with van der Waals surface area (Å²) in [7, 11) is 1.58. The number of rotatable bonds is 13. The third-order valence-electron chi connectivity index (χ3n) is 13.9. The zero-order chi connectivity index (χ0) is 37.7. The molecule has 0 aliphatic carbocycles. The van der Waals surface area contributed by atoms with Crippen molar-refractivity contribution in [2.45, 2.75) is 173 Å². The van der Waals surface area contributed by atoms with Crippen molar-refractivity contribution in [3.63, 3.8) is 0 Å². The quantitative estimate of drug-likeness (QED) is 0.214. The first kappa shape index (κ1) is 40.8. The van der Waals surface area contributed by atoms with E-state index in [1.54, 1.807) is 14.0 Å². The summed E-state index contributed by atoms with van der Waals surface area (Å²) in [6.07, 6.45) is 4.53. The van der Waals surface area contributed by atoms with Crippen LogP contribution in [0.15, 0.2) is 0 Å². The highest BCUT2D eigenvalue weighted by molar-refractivity contribution is 5.70. The molecule has 0 radical (unpaired) electrons. The molecule has 5 fully saturated rings. The molecule has 0 amide bonds. The lowest BCUT2D eigenvalue weighted by atomic mass is 9.74. The van der Waals surface area contributed by atoms with Gasteiger partial charge in [0.25, 0.3) is 0 Å². The van der Waals surface area contributed by atoms with E-state index < -0.39 is 60.0 Å². The number of ether oxygens (including phenoxy) is 7. The van der Waals surface area contributed by atoms with Gasteiger partial charge in [0.05, 0.1) is 60.4 Å². The van der Waals surface area contributed by atoms with Crippen molar-refractivity contribution in [1.82, 2.24) is 0 Å². The molecule has 17 unspecified atom stereocenters. The first-order chi connectivity index (χ1) is 23.9. The van der Waals surface area contributed by atoms with E-state index in [1.807, 2.05) is 13.8 Å². The minimum atomic E-state index is -1.39. The van der Waals surface area contributed by atoms with Gasteiger partial charge in [0.15, 0.2) is 11.6 Å². The number of carboxylic acids is 2. The summed E-state index contributed by atoms with van der Waals surface area (Å²) in [5.41, 5.74) is -1.08. The van der Waals surface area contributed by atoms with Crippen molar-refractivity contribution < 1.29 is 58.1 Å². The Bertz CT molecular complexity index is 1230. The number of methoxy groups -OCH3 is 1. The van der Waals surface area contributed by atoms with Crippen LogP contribution in [0.5, 0.6) is 0 Å². The molecular formula is C39H66O12. The largest absolute Gasteiger partial charge is 0.481 e. The van der Waals surface area contributed by atoms with Gasteiger partial charge in [0.2, 0.25) is 0 Å². The van der Waals surface area contributed by atoms with E-state index in [0.29, 0.717) is 12.3 Å². The molecule has 17 atom stereocenters. The zero-order valence-corrected chi connectivity index (χ0v) is 32.6. The standard InChI is InChI=1S/C39H66O12/c1-11-37(34-22(3)17-28(47-34)31-21(2)16-24(5)39(20-40,50-31)46-19-30(41)42)13-12-29(48-37)36(9)14-15-38(51-36)18-23(4)25(6)33(49-38)26(7)32(45-10)27(8)35(43)44/h21-29,31-34,40H,11-20H2,1-10H3,(H,41,42)(H,43,44). The van der Waals surface area contributed by atoms with E-state index in [4.69, 9.17) is 33.2 Å². The fourth-order valence-corrected chi connectivity index (χ4v) is 10.6. The van der Waals surface area contributed by atoms with Crippen LogP contribution in [-0.2, 0) is 42.7 Å². The molecule has 5 heterocycles. The summed E-state index contributed by atoms with van der Waals surface area (Å²) in [5, 5.41) is 29.4. The summed E-state index contributed by atoms with van der Waals surface area (Å²) in [6, 6.07) is 0. The second-order valence-corrected chi connectivity index (χ2v) is 17.4. The Labute approximate surface area is 304 Å². The molecule has 12 nitrogen and oxygen atoms in total.